The molecular formula is C21H24N2O2. The van der Waals surface area contributed by atoms with Crippen LogP contribution < -0.4 is 4.90 Å². The van der Waals surface area contributed by atoms with Crippen molar-refractivity contribution in [3.8, 4) is 0 Å². The minimum atomic E-state index is 0.0244. The van der Waals surface area contributed by atoms with Crippen LogP contribution in [-0.2, 0) is 6.42 Å². The van der Waals surface area contributed by atoms with Crippen molar-refractivity contribution in [1.29, 1.82) is 0 Å². The molecule has 4 nitrogen and oxygen atoms in total. The zero-order valence-corrected chi connectivity index (χ0v) is 14.4. The van der Waals surface area contributed by atoms with Gasteiger partial charge >= 0.3 is 0 Å². The van der Waals surface area contributed by atoms with Crippen molar-refractivity contribution < 1.29 is 9.52 Å². The number of aryl methyl sites for hydroxylation is 1. The van der Waals surface area contributed by atoms with Gasteiger partial charge in [-0.2, -0.15) is 0 Å². The number of hydrogen-bond donors (Lipinski definition) is 1. The van der Waals surface area contributed by atoms with Gasteiger partial charge in [0, 0.05) is 25.9 Å². The second-order valence-electron chi connectivity index (χ2n) is 7.10. The fraction of sp³-hybridized carbons (Fsp3) is 0.381. The summed E-state index contributed by atoms with van der Waals surface area (Å²) in [6, 6.07) is 14.4. The third-order valence-electron chi connectivity index (χ3n) is 5.60. The highest BCUT2D eigenvalue weighted by atomic mass is 16.3. The SMILES string of the molecule is OCC1(CCc2ccccc2)CCN(c2nccc3occc23)CC1. The molecule has 3 aromatic rings. The number of hydrogen-bond acceptors (Lipinski definition) is 4. The molecule has 0 spiro atoms. The Kier molecular flexibility index (Phi) is 4.45. The van der Waals surface area contributed by atoms with Gasteiger partial charge in [-0.3, -0.25) is 0 Å². The molecule has 4 rings (SSSR count). The van der Waals surface area contributed by atoms with Crippen LogP contribution >= 0.6 is 0 Å². The van der Waals surface area contributed by atoms with Gasteiger partial charge in [0.05, 0.1) is 11.6 Å². The smallest absolute Gasteiger partial charge is 0.139 e. The molecule has 1 saturated heterocycles. The quantitative estimate of drug-likeness (QED) is 0.764. The van der Waals surface area contributed by atoms with Crippen molar-refractivity contribution in [3.63, 3.8) is 0 Å². The molecule has 0 saturated carbocycles. The summed E-state index contributed by atoms with van der Waals surface area (Å²) in [7, 11) is 0. The molecule has 0 radical (unpaired) electrons. The fourth-order valence-electron chi connectivity index (χ4n) is 3.87. The molecule has 1 aliphatic rings. The van der Waals surface area contributed by atoms with E-state index in [9.17, 15) is 5.11 Å². The molecule has 0 unspecified atom stereocenters. The highest BCUT2D eigenvalue weighted by Gasteiger charge is 2.34. The lowest BCUT2D eigenvalue weighted by atomic mass is 9.75. The zero-order chi connectivity index (χ0) is 17.1. The van der Waals surface area contributed by atoms with Gasteiger partial charge in [-0.25, -0.2) is 4.98 Å². The van der Waals surface area contributed by atoms with Gasteiger partial charge in [-0.05, 0) is 48.8 Å². The number of aliphatic hydroxyl groups is 1. The molecule has 1 fully saturated rings. The number of nitrogens with zero attached hydrogens (tertiary/aromatic N) is 2. The summed E-state index contributed by atoms with van der Waals surface area (Å²) in [5.74, 6) is 1.00. The van der Waals surface area contributed by atoms with Crippen LogP contribution in [0.5, 0.6) is 0 Å². The van der Waals surface area contributed by atoms with Crippen LogP contribution in [0.2, 0.25) is 0 Å². The Bertz CT molecular complexity index is 820. The van der Waals surface area contributed by atoms with Crippen LogP contribution in [0.1, 0.15) is 24.8 Å². The Balaban J connectivity index is 1.45. The molecule has 0 aliphatic carbocycles. The van der Waals surface area contributed by atoms with Crippen LogP contribution in [0, 0.1) is 5.41 Å². The molecule has 130 valence electrons. The monoisotopic (exact) mass is 336 g/mol. The van der Waals surface area contributed by atoms with E-state index in [2.05, 4.69) is 34.1 Å². The normalized spacial score (nSPS) is 17.1. The summed E-state index contributed by atoms with van der Waals surface area (Å²) in [6.45, 7) is 2.11. The maximum Gasteiger partial charge on any atom is 0.139 e. The van der Waals surface area contributed by atoms with E-state index in [1.807, 2.05) is 24.4 Å². The molecule has 4 heteroatoms. The van der Waals surface area contributed by atoms with Crippen LogP contribution in [0.15, 0.2) is 59.3 Å². The average Bonchev–Trinajstić information content (AvgIpc) is 3.17. The van der Waals surface area contributed by atoms with E-state index in [4.69, 9.17) is 4.42 Å². The number of anilines is 1. The summed E-state index contributed by atoms with van der Waals surface area (Å²) in [4.78, 5) is 6.90. The topological polar surface area (TPSA) is 49.5 Å². The molecule has 3 heterocycles. The number of piperidine rings is 1. The van der Waals surface area contributed by atoms with Crippen LogP contribution in [0.4, 0.5) is 5.82 Å². The minimum Gasteiger partial charge on any atom is -0.464 e. The van der Waals surface area contributed by atoms with Gasteiger partial charge in [-0.1, -0.05) is 30.3 Å². The third-order valence-corrected chi connectivity index (χ3v) is 5.60. The molecule has 0 amide bonds. The van der Waals surface area contributed by atoms with Crippen molar-refractivity contribution in [1.82, 2.24) is 4.98 Å². The second-order valence-corrected chi connectivity index (χ2v) is 7.10. The van der Waals surface area contributed by atoms with Crippen molar-refractivity contribution >= 4 is 16.8 Å². The second kappa shape index (κ2) is 6.89. The lowest BCUT2D eigenvalue weighted by Crippen LogP contribution is -2.42. The molecule has 0 bridgehead atoms. The van der Waals surface area contributed by atoms with E-state index in [0.717, 1.165) is 55.6 Å². The first kappa shape index (κ1) is 16.2. The van der Waals surface area contributed by atoms with Crippen molar-refractivity contribution in [2.75, 3.05) is 24.6 Å². The lowest BCUT2D eigenvalue weighted by molar-refractivity contribution is 0.0873. The summed E-state index contributed by atoms with van der Waals surface area (Å²) in [5.41, 5.74) is 2.26. The number of benzene rings is 1. The highest BCUT2D eigenvalue weighted by molar-refractivity contribution is 5.88. The molecule has 1 aliphatic heterocycles. The first-order chi connectivity index (χ1) is 12.3. The summed E-state index contributed by atoms with van der Waals surface area (Å²) in [6.07, 6.45) is 7.57. The Morgan fingerprint density at radius 2 is 1.88 bits per heavy atom. The number of rotatable bonds is 5. The van der Waals surface area contributed by atoms with Crippen molar-refractivity contribution in [2.45, 2.75) is 25.7 Å². The molecule has 25 heavy (non-hydrogen) atoms. The van der Waals surface area contributed by atoms with E-state index < -0.39 is 0 Å². The Hall–Kier alpha value is -2.33. The van der Waals surface area contributed by atoms with Gasteiger partial charge in [0.2, 0.25) is 0 Å². The molecule has 1 aromatic carbocycles. The average molecular weight is 336 g/mol. The largest absolute Gasteiger partial charge is 0.464 e. The zero-order valence-electron chi connectivity index (χ0n) is 14.4. The Morgan fingerprint density at radius 3 is 2.64 bits per heavy atom. The van der Waals surface area contributed by atoms with Crippen molar-refractivity contribution in [3.05, 3.63) is 60.5 Å². The third kappa shape index (κ3) is 3.27. The fourth-order valence-corrected chi connectivity index (χ4v) is 3.87. The number of aliphatic hydroxyl groups excluding tert-OH is 1. The number of aromatic nitrogens is 1. The van der Waals surface area contributed by atoms with Gasteiger partial charge < -0.3 is 14.4 Å². The van der Waals surface area contributed by atoms with Crippen LogP contribution in [0.25, 0.3) is 11.0 Å². The van der Waals surface area contributed by atoms with Crippen molar-refractivity contribution in [2.24, 2.45) is 5.41 Å². The number of pyridine rings is 1. The summed E-state index contributed by atoms with van der Waals surface area (Å²) in [5, 5.41) is 11.1. The van der Waals surface area contributed by atoms with E-state index in [-0.39, 0.29) is 12.0 Å². The van der Waals surface area contributed by atoms with E-state index >= 15 is 0 Å². The molecule has 0 atom stereocenters. The Morgan fingerprint density at radius 1 is 1.08 bits per heavy atom. The van der Waals surface area contributed by atoms with Crippen LogP contribution in [-0.4, -0.2) is 29.8 Å². The van der Waals surface area contributed by atoms with Gasteiger partial charge in [-0.15, -0.1) is 0 Å². The number of furan rings is 1. The standard InChI is InChI=1S/C21H24N2O2/c24-16-21(9-6-17-4-2-1-3-5-17)10-13-23(14-11-21)20-18-8-15-25-19(18)7-12-22-20/h1-5,7-8,12,15,24H,6,9-11,13-14,16H2. The first-order valence-electron chi connectivity index (χ1n) is 9.02. The van der Waals surface area contributed by atoms with E-state index in [0.29, 0.717) is 0 Å². The predicted molar refractivity (Wildman–Crippen MR) is 99.7 cm³/mol. The predicted octanol–water partition coefficient (Wildman–Crippen LogP) is 4.04. The van der Waals surface area contributed by atoms with Crippen LogP contribution in [0.3, 0.4) is 0 Å². The molecular weight excluding hydrogens is 312 g/mol. The lowest BCUT2D eigenvalue weighted by Gasteiger charge is -2.41. The van der Waals surface area contributed by atoms with E-state index in [1.54, 1.807) is 6.26 Å². The molecule has 2 aromatic heterocycles. The maximum absolute atomic E-state index is 10.1. The Labute approximate surface area is 148 Å². The van der Waals surface area contributed by atoms with E-state index in [1.165, 1.54) is 5.56 Å². The van der Waals surface area contributed by atoms with Gasteiger partial charge in [0.25, 0.3) is 0 Å². The highest BCUT2D eigenvalue weighted by Crippen LogP contribution is 2.38. The first-order valence-corrected chi connectivity index (χ1v) is 9.02. The van der Waals surface area contributed by atoms with Gasteiger partial charge in [0.1, 0.15) is 11.4 Å². The maximum atomic E-state index is 10.1. The minimum absolute atomic E-state index is 0.0244. The van der Waals surface area contributed by atoms with Gasteiger partial charge in [0.15, 0.2) is 0 Å². The number of fused-ring (bicyclic) bond motifs is 1. The molecule has 1 N–H and O–H groups in total. The summed E-state index contributed by atoms with van der Waals surface area (Å²) >= 11 is 0. The summed E-state index contributed by atoms with van der Waals surface area (Å²) < 4.78 is 5.49.